The van der Waals surface area contributed by atoms with Gasteiger partial charge in [-0.15, -0.1) is 0 Å². The second-order valence-electron chi connectivity index (χ2n) is 6.84. The number of pyridine rings is 1. The van der Waals surface area contributed by atoms with E-state index in [1.54, 1.807) is 12.4 Å². The summed E-state index contributed by atoms with van der Waals surface area (Å²) >= 11 is 0. The first-order valence-corrected chi connectivity index (χ1v) is 8.76. The lowest BCUT2D eigenvalue weighted by molar-refractivity contribution is 0.204. The molecule has 0 saturated heterocycles. The normalized spacial score (nSPS) is 27.4. The average molecular weight is 344 g/mol. The number of rotatable bonds is 3. The molecule has 0 aromatic carbocycles. The third-order valence-corrected chi connectivity index (χ3v) is 5.47. The van der Waals surface area contributed by atoms with E-state index < -0.39 is 17.3 Å². The number of hydrogen-bond acceptors (Lipinski definition) is 6. The van der Waals surface area contributed by atoms with Gasteiger partial charge in [0.25, 0.3) is 0 Å². The van der Waals surface area contributed by atoms with Crippen molar-refractivity contribution in [2.45, 2.75) is 19.3 Å². The molecule has 0 spiro atoms. The van der Waals surface area contributed by atoms with Crippen molar-refractivity contribution in [1.82, 2.24) is 9.88 Å². The summed E-state index contributed by atoms with van der Waals surface area (Å²) in [5.41, 5.74) is -0.0385. The predicted molar refractivity (Wildman–Crippen MR) is 95.8 cm³/mol. The molecule has 1 aromatic heterocycles. The van der Waals surface area contributed by atoms with Crippen LogP contribution in [0, 0.1) is 56.7 Å². The van der Waals surface area contributed by atoms with Crippen molar-refractivity contribution in [1.29, 1.82) is 21.2 Å². The van der Waals surface area contributed by atoms with Crippen LogP contribution < -0.4 is 0 Å². The third kappa shape index (κ3) is 2.58. The Bertz CT molecular complexity index is 837. The zero-order valence-electron chi connectivity index (χ0n) is 14.7. The van der Waals surface area contributed by atoms with Crippen LogP contribution in [-0.2, 0) is 0 Å². The summed E-state index contributed by atoms with van der Waals surface area (Å²) < 4.78 is 0. The van der Waals surface area contributed by atoms with Crippen LogP contribution >= 0.6 is 0 Å². The molecule has 2 heterocycles. The van der Waals surface area contributed by atoms with Crippen LogP contribution in [-0.4, -0.2) is 35.2 Å². The highest BCUT2D eigenvalue weighted by molar-refractivity contribution is 6.00. The Balaban J connectivity index is 2.20. The highest BCUT2D eigenvalue weighted by Gasteiger charge is 2.57. The number of fused-ring (bicyclic) bond motifs is 1. The Morgan fingerprint density at radius 3 is 2.54 bits per heavy atom. The minimum absolute atomic E-state index is 0.0988. The van der Waals surface area contributed by atoms with E-state index in [1.807, 2.05) is 18.2 Å². The summed E-state index contributed by atoms with van der Waals surface area (Å²) in [4.78, 5) is 6.32. The van der Waals surface area contributed by atoms with Gasteiger partial charge in [-0.25, -0.2) is 0 Å². The standard InChI is InChI=1S/C20H20N6/c1-2-8-26-9-5-15-16(10-21)19(24)20(12-22,13-23)18(17(15)11-26)14-3-6-25-7-4-14/h3-7,16-18,24H,2,8-9,11H2,1H3/t16?,17-,18-/m0/s1. The summed E-state index contributed by atoms with van der Waals surface area (Å²) in [6, 6.07) is 10.0. The fourth-order valence-corrected chi connectivity index (χ4v) is 4.31. The maximum atomic E-state index is 9.95. The van der Waals surface area contributed by atoms with Crippen molar-refractivity contribution in [3.8, 4) is 18.2 Å². The molecule has 1 fully saturated rings. The summed E-state index contributed by atoms with van der Waals surface area (Å²) in [6.45, 7) is 4.46. The highest BCUT2D eigenvalue weighted by Crippen LogP contribution is 2.53. The average Bonchev–Trinajstić information content (AvgIpc) is 2.68. The van der Waals surface area contributed by atoms with Crippen LogP contribution in [0.5, 0.6) is 0 Å². The van der Waals surface area contributed by atoms with Gasteiger partial charge in [0.15, 0.2) is 5.41 Å². The topological polar surface area (TPSA) is 111 Å². The summed E-state index contributed by atoms with van der Waals surface area (Å²) in [6.07, 6.45) is 6.32. The lowest BCUT2D eigenvalue weighted by atomic mass is 9.54. The lowest BCUT2D eigenvalue weighted by Crippen LogP contribution is -2.52. The van der Waals surface area contributed by atoms with E-state index in [2.05, 4.69) is 35.0 Å². The SMILES string of the molecule is CCCN1CC=C2C(C#N)C(=N)C(C#N)(C#N)[C@@H](c3ccncc3)[C@H]2C1. The number of nitrogens with one attached hydrogen (secondary N) is 1. The molecule has 2 aliphatic rings. The molecule has 1 saturated carbocycles. The van der Waals surface area contributed by atoms with E-state index in [1.165, 1.54) is 0 Å². The van der Waals surface area contributed by atoms with Crippen LogP contribution in [0.2, 0.25) is 0 Å². The van der Waals surface area contributed by atoms with Gasteiger partial charge >= 0.3 is 0 Å². The molecular weight excluding hydrogens is 324 g/mol. The first-order valence-electron chi connectivity index (χ1n) is 8.76. The molecule has 6 nitrogen and oxygen atoms in total. The van der Waals surface area contributed by atoms with Gasteiger partial charge in [-0.1, -0.05) is 13.0 Å². The Morgan fingerprint density at radius 1 is 1.27 bits per heavy atom. The van der Waals surface area contributed by atoms with Crippen LogP contribution in [0.3, 0.4) is 0 Å². The van der Waals surface area contributed by atoms with Gasteiger partial charge in [0.2, 0.25) is 0 Å². The Labute approximate surface area is 153 Å². The van der Waals surface area contributed by atoms with Crippen LogP contribution in [0.15, 0.2) is 36.2 Å². The zero-order valence-corrected chi connectivity index (χ0v) is 14.7. The van der Waals surface area contributed by atoms with Crippen molar-refractivity contribution < 1.29 is 0 Å². The maximum absolute atomic E-state index is 9.95. The Morgan fingerprint density at radius 2 is 1.96 bits per heavy atom. The number of aromatic nitrogens is 1. The van der Waals surface area contributed by atoms with Gasteiger partial charge in [0.05, 0.1) is 23.9 Å². The van der Waals surface area contributed by atoms with Crippen molar-refractivity contribution >= 4 is 5.71 Å². The highest BCUT2D eigenvalue weighted by atomic mass is 15.1. The maximum Gasteiger partial charge on any atom is 0.189 e. The largest absolute Gasteiger partial charge is 0.305 e. The minimum atomic E-state index is -1.64. The first-order chi connectivity index (χ1) is 12.6. The fraction of sp³-hybridized carbons (Fsp3) is 0.450. The molecular formula is C20H20N6. The number of nitrogens with zero attached hydrogens (tertiary/aromatic N) is 5. The second-order valence-corrected chi connectivity index (χ2v) is 6.84. The van der Waals surface area contributed by atoms with E-state index in [-0.39, 0.29) is 11.6 Å². The quantitative estimate of drug-likeness (QED) is 0.847. The van der Waals surface area contributed by atoms with E-state index >= 15 is 0 Å². The molecule has 6 heteroatoms. The molecule has 1 unspecified atom stereocenters. The molecule has 0 radical (unpaired) electrons. The molecule has 130 valence electrons. The number of hydrogen-bond donors (Lipinski definition) is 1. The van der Waals surface area contributed by atoms with Crippen LogP contribution in [0.25, 0.3) is 0 Å². The molecule has 1 aromatic rings. The zero-order chi connectivity index (χ0) is 18.7. The summed E-state index contributed by atoms with van der Waals surface area (Å²) in [7, 11) is 0. The molecule has 3 atom stereocenters. The molecule has 3 rings (SSSR count). The van der Waals surface area contributed by atoms with Gasteiger partial charge in [-0.3, -0.25) is 9.88 Å². The van der Waals surface area contributed by atoms with Crippen LogP contribution in [0.1, 0.15) is 24.8 Å². The second kappa shape index (κ2) is 7.08. The van der Waals surface area contributed by atoms with Gasteiger partial charge in [-0.05, 0) is 36.2 Å². The van der Waals surface area contributed by atoms with E-state index in [4.69, 9.17) is 5.41 Å². The third-order valence-electron chi connectivity index (χ3n) is 5.47. The molecule has 0 amide bonds. The molecule has 0 bridgehead atoms. The van der Waals surface area contributed by atoms with Gasteiger partial charge < -0.3 is 5.41 Å². The Kier molecular flexibility index (Phi) is 4.85. The lowest BCUT2D eigenvalue weighted by Gasteiger charge is -2.47. The molecule has 1 aliphatic carbocycles. The predicted octanol–water partition coefficient (Wildman–Crippen LogP) is 2.64. The molecule has 1 aliphatic heterocycles. The monoisotopic (exact) mass is 344 g/mol. The van der Waals surface area contributed by atoms with Crippen molar-refractivity contribution in [3.05, 3.63) is 41.7 Å². The Hall–Kier alpha value is -3.01. The molecule has 1 N–H and O–H groups in total. The smallest absolute Gasteiger partial charge is 0.189 e. The van der Waals surface area contributed by atoms with E-state index in [0.717, 1.165) is 30.6 Å². The minimum Gasteiger partial charge on any atom is -0.305 e. The van der Waals surface area contributed by atoms with Crippen molar-refractivity contribution in [2.75, 3.05) is 19.6 Å². The summed E-state index contributed by atoms with van der Waals surface area (Å²) in [5, 5.41) is 38.1. The fourth-order valence-electron chi connectivity index (χ4n) is 4.31. The van der Waals surface area contributed by atoms with Crippen molar-refractivity contribution in [2.24, 2.45) is 17.3 Å². The number of nitriles is 3. The van der Waals surface area contributed by atoms with E-state index in [9.17, 15) is 15.8 Å². The summed E-state index contributed by atoms with van der Waals surface area (Å²) in [5.74, 6) is -1.43. The van der Waals surface area contributed by atoms with Gasteiger partial charge in [0, 0.05) is 37.3 Å². The van der Waals surface area contributed by atoms with E-state index in [0.29, 0.717) is 6.54 Å². The van der Waals surface area contributed by atoms with Gasteiger partial charge in [0.1, 0.15) is 5.92 Å². The van der Waals surface area contributed by atoms with Crippen LogP contribution in [0.4, 0.5) is 0 Å². The first kappa shape index (κ1) is 17.8. The van der Waals surface area contributed by atoms with Gasteiger partial charge in [-0.2, -0.15) is 15.8 Å². The van der Waals surface area contributed by atoms with Crippen molar-refractivity contribution in [3.63, 3.8) is 0 Å². The molecule has 26 heavy (non-hydrogen) atoms.